The van der Waals surface area contributed by atoms with Crippen LogP contribution in [0.25, 0.3) is 11.0 Å². The van der Waals surface area contributed by atoms with Crippen LogP contribution in [0.5, 0.6) is 5.75 Å². The van der Waals surface area contributed by atoms with Crippen molar-refractivity contribution in [2.24, 2.45) is 5.92 Å². The second-order valence-electron chi connectivity index (χ2n) is 6.15. The van der Waals surface area contributed by atoms with E-state index in [0.717, 1.165) is 0 Å². The molecule has 0 saturated carbocycles. The van der Waals surface area contributed by atoms with Crippen molar-refractivity contribution in [1.82, 2.24) is 10.6 Å². The lowest BCUT2D eigenvalue weighted by Gasteiger charge is -2.18. The fraction of sp³-hybridized carbons (Fsp3) is 0.333. The SMILES string of the molecule is CC(C)C(NC(=O)CNC(=O)COc1ccc2ccc(=O)oc2c1)C(=O)O. The molecule has 0 radical (unpaired) electrons. The zero-order valence-electron chi connectivity index (χ0n) is 14.9. The van der Waals surface area contributed by atoms with Crippen molar-refractivity contribution in [3.63, 3.8) is 0 Å². The van der Waals surface area contributed by atoms with Crippen LogP contribution >= 0.6 is 0 Å². The Bertz CT molecular complexity index is 904. The molecule has 2 amide bonds. The van der Waals surface area contributed by atoms with E-state index in [0.29, 0.717) is 16.7 Å². The van der Waals surface area contributed by atoms with Crippen LogP contribution < -0.4 is 21.0 Å². The first-order valence-electron chi connectivity index (χ1n) is 8.22. The number of hydrogen-bond donors (Lipinski definition) is 3. The third-order valence-corrected chi connectivity index (χ3v) is 3.66. The zero-order chi connectivity index (χ0) is 20.0. The number of carbonyl (C=O) groups is 3. The van der Waals surface area contributed by atoms with E-state index in [1.165, 1.54) is 12.1 Å². The number of rotatable bonds is 8. The predicted octanol–water partition coefficient (Wildman–Crippen LogP) is 0.513. The van der Waals surface area contributed by atoms with E-state index in [2.05, 4.69) is 10.6 Å². The summed E-state index contributed by atoms with van der Waals surface area (Å²) in [5.74, 6) is -2.29. The Labute approximate surface area is 154 Å². The van der Waals surface area contributed by atoms with E-state index in [1.54, 1.807) is 32.0 Å². The highest BCUT2D eigenvalue weighted by atomic mass is 16.5. The number of hydrogen-bond acceptors (Lipinski definition) is 6. The number of carbonyl (C=O) groups excluding carboxylic acids is 2. The van der Waals surface area contributed by atoms with Crippen molar-refractivity contribution in [2.75, 3.05) is 13.2 Å². The highest BCUT2D eigenvalue weighted by molar-refractivity contribution is 5.88. The molecule has 0 bridgehead atoms. The minimum Gasteiger partial charge on any atom is -0.484 e. The summed E-state index contributed by atoms with van der Waals surface area (Å²) in [6.07, 6.45) is 0. The van der Waals surface area contributed by atoms with E-state index in [1.807, 2.05) is 0 Å². The Morgan fingerprint density at radius 3 is 2.52 bits per heavy atom. The van der Waals surface area contributed by atoms with Gasteiger partial charge in [0.15, 0.2) is 6.61 Å². The molecule has 1 aromatic carbocycles. The average molecular weight is 376 g/mol. The Morgan fingerprint density at radius 2 is 1.85 bits per heavy atom. The molecule has 0 aliphatic heterocycles. The number of fused-ring (bicyclic) bond motifs is 1. The van der Waals surface area contributed by atoms with Crippen molar-refractivity contribution in [2.45, 2.75) is 19.9 Å². The highest BCUT2D eigenvalue weighted by Gasteiger charge is 2.23. The second kappa shape index (κ2) is 8.84. The molecule has 0 fully saturated rings. The molecule has 1 heterocycles. The van der Waals surface area contributed by atoms with Crippen LogP contribution in [0, 0.1) is 5.92 Å². The molecule has 0 aliphatic carbocycles. The normalized spacial score (nSPS) is 11.8. The minimum atomic E-state index is -1.14. The van der Waals surface area contributed by atoms with Crippen LogP contribution in [0.4, 0.5) is 0 Å². The van der Waals surface area contributed by atoms with Gasteiger partial charge < -0.3 is 24.9 Å². The van der Waals surface area contributed by atoms with E-state index in [9.17, 15) is 19.2 Å². The standard InChI is InChI=1S/C18H20N2O7/c1-10(2)17(18(24)25)20-14(21)8-19-15(22)9-26-12-5-3-11-4-6-16(23)27-13(11)7-12/h3-7,10,17H,8-9H2,1-2H3,(H,19,22)(H,20,21)(H,24,25). The van der Waals surface area contributed by atoms with Gasteiger partial charge in [0.2, 0.25) is 5.91 Å². The van der Waals surface area contributed by atoms with Crippen LogP contribution in [0.3, 0.4) is 0 Å². The van der Waals surface area contributed by atoms with Crippen LogP contribution in [-0.4, -0.2) is 42.1 Å². The number of aliphatic carboxylic acids is 1. The lowest BCUT2D eigenvalue weighted by molar-refractivity contribution is -0.143. The van der Waals surface area contributed by atoms with Gasteiger partial charge in [-0.25, -0.2) is 9.59 Å². The lowest BCUT2D eigenvalue weighted by atomic mass is 10.1. The lowest BCUT2D eigenvalue weighted by Crippen LogP contribution is -2.48. The predicted molar refractivity (Wildman–Crippen MR) is 95.4 cm³/mol. The van der Waals surface area contributed by atoms with Crippen molar-refractivity contribution in [1.29, 1.82) is 0 Å². The molecule has 0 saturated heterocycles. The van der Waals surface area contributed by atoms with Crippen molar-refractivity contribution in [3.05, 3.63) is 40.8 Å². The van der Waals surface area contributed by atoms with Crippen molar-refractivity contribution < 1.29 is 28.6 Å². The number of amides is 2. The van der Waals surface area contributed by atoms with Gasteiger partial charge in [-0.05, 0) is 24.1 Å². The van der Waals surface area contributed by atoms with Gasteiger partial charge in [0.05, 0.1) is 6.54 Å². The number of carboxylic acid groups (broad SMARTS) is 1. The van der Waals surface area contributed by atoms with E-state index in [-0.39, 0.29) is 19.1 Å². The molecule has 1 aromatic heterocycles. The summed E-state index contributed by atoms with van der Waals surface area (Å²) in [6.45, 7) is 2.60. The van der Waals surface area contributed by atoms with Crippen molar-refractivity contribution >= 4 is 28.8 Å². The largest absolute Gasteiger partial charge is 0.484 e. The fourth-order valence-electron chi connectivity index (χ4n) is 2.25. The fourth-order valence-corrected chi connectivity index (χ4v) is 2.25. The van der Waals surface area contributed by atoms with E-state index < -0.39 is 29.5 Å². The maximum Gasteiger partial charge on any atom is 0.336 e. The van der Waals surface area contributed by atoms with Gasteiger partial charge in [0, 0.05) is 17.5 Å². The minimum absolute atomic E-state index is 0.293. The summed E-state index contributed by atoms with van der Waals surface area (Å²) in [4.78, 5) is 45.8. The number of benzene rings is 1. The summed E-state index contributed by atoms with van der Waals surface area (Å²) in [5, 5.41) is 14.4. The Balaban J connectivity index is 1.83. The quantitative estimate of drug-likeness (QED) is 0.571. The molecule has 9 nitrogen and oxygen atoms in total. The van der Waals surface area contributed by atoms with E-state index in [4.69, 9.17) is 14.3 Å². The molecule has 27 heavy (non-hydrogen) atoms. The zero-order valence-corrected chi connectivity index (χ0v) is 14.9. The molecular formula is C18H20N2O7. The first-order chi connectivity index (χ1) is 12.8. The topological polar surface area (TPSA) is 135 Å². The van der Waals surface area contributed by atoms with Gasteiger partial charge in [-0.15, -0.1) is 0 Å². The summed E-state index contributed by atoms with van der Waals surface area (Å²) in [7, 11) is 0. The Hall–Kier alpha value is -3.36. The smallest absolute Gasteiger partial charge is 0.336 e. The van der Waals surface area contributed by atoms with Crippen LogP contribution in [-0.2, 0) is 14.4 Å². The summed E-state index contributed by atoms with van der Waals surface area (Å²) >= 11 is 0. The molecular weight excluding hydrogens is 356 g/mol. The number of carboxylic acids is 1. The Morgan fingerprint density at radius 1 is 1.15 bits per heavy atom. The number of ether oxygens (including phenoxy) is 1. The van der Waals surface area contributed by atoms with Gasteiger partial charge in [-0.2, -0.15) is 0 Å². The molecule has 1 unspecified atom stereocenters. The van der Waals surface area contributed by atoms with Gasteiger partial charge in [0.25, 0.3) is 5.91 Å². The molecule has 1 atom stereocenters. The molecule has 2 aromatic rings. The summed E-state index contributed by atoms with van der Waals surface area (Å²) in [6, 6.07) is 6.65. The molecule has 144 valence electrons. The molecule has 0 aliphatic rings. The third-order valence-electron chi connectivity index (χ3n) is 3.66. The summed E-state index contributed by atoms with van der Waals surface area (Å²) < 4.78 is 10.3. The maximum absolute atomic E-state index is 11.8. The first kappa shape index (κ1) is 20.0. The molecule has 2 rings (SSSR count). The van der Waals surface area contributed by atoms with Gasteiger partial charge in [-0.1, -0.05) is 13.8 Å². The van der Waals surface area contributed by atoms with Crippen LogP contribution in [0.1, 0.15) is 13.8 Å². The molecule has 3 N–H and O–H groups in total. The third kappa shape index (κ3) is 5.84. The highest BCUT2D eigenvalue weighted by Crippen LogP contribution is 2.19. The van der Waals surface area contributed by atoms with Crippen LogP contribution in [0.2, 0.25) is 0 Å². The van der Waals surface area contributed by atoms with Gasteiger partial charge in [-0.3, -0.25) is 9.59 Å². The number of nitrogens with one attached hydrogen (secondary N) is 2. The van der Waals surface area contributed by atoms with Crippen LogP contribution in [0.15, 0.2) is 39.5 Å². The Kier molecular flexibility index (Phi) is 6.53. The average Bonchev–Trinajstić information content (AvgIpc) is 2.61. The van der Waals surface area contributed by atoms with Crippen molar-refractivity contribution in [3.8, 4) is 5.75 Å². The van der Waals surface area contributed by atoms with Gasteiger partial charge in [0.1, 0.15) is 17.4 Å². The van der Waals surface area contributed by atoms with E-state index >= 15 is 0 Å². The molecule has 0 spiro atoms. The van der Waals surface area contributed by atoms with Gasteiger partial charge >= 0.3 is 11.6 Å². The molecule has 9 heteroatoms. The summed E-state index contributed by atoms with van der Waals surface area (Å²) in [5.41, 5.74) is -0.169. The second-order valence-corrected chi connectivity index (χ2v) is 6.15. The first-order valence-corrected chi connectivity index (χ1v) is 8.22. The maximum atomic E-state index is 11.8. The monoisotopic (exact) mass is 376 g/mol.